The number of nitrogens with one attached hydrogen (secondary N) is 1. The van der Waals surface area contributed by atoms with Crippen molar-refractivity contribution >= 4 is 5.69 Å². The second kappa shape index (κ2) is 6.27. The minimum atomic E-state index is 0.161. The molecule has 2 fully saturated rings. The van der Waals surface area contributed by atoms with Crippen molar-refractivity contribution in [2.24, 2.45) is 0 Å². The average Bonchev–Trinajstić information content (AvgIpc) is 2.50. The third kappa shape index (κ3) is 3.34. The molecular formula is C18H27NO2. The summed E-state index contributed by atoms with van der Waals surface area (Å²) in [6, 6.07) is 6.80. The summed E-state index contributed by atoms with van der Waals surface area (Å²) in [7, 11) is 1.72. The summed E-state index contributed by atoms with van der Waals surface area (Å²) in [6.07, 6.45) is 8.77. The number of hydrogen-bond acceptors (Lipinski definition) is 3. The van der Waals surface area contributed by atoms with Crippen LogP contribution < -0.4 is 10.1 Å². The molecular weight excluding hydrogens is 262 g/mol. The van der Waals surface area contributed by atoms with Gasteiger partial charge in [-0.1, -0.05) is 19.3 Å². The number of methoxy groups -OCH3 is 1. The predicted octanol–water partition coefficient (Wildman–Crippen LogP) is 4.30. The molecule has 1 atom stereocenters. The Kier molecular flexibility index (Phi) is 4.39. The Labute approximate surface area is 128 Å². The first-order valence-corrected chi connectivity index (χ1v) is 8.26. The Bertz CT molecular complexity index is 475. The van der Waals surface area contributed by atoms with Crippen molar-refractivity contribution < 1.29 is 9.47 Å². The molecule has 1 aliphatic carbocycles. The molecule has 1 aliphatic heterocycles. The van der Waals surface area contributed by atoms with Gasteiger partial charge in [0.25, 0.3) is 0 Å². The molecule has 1 spiro atoms. The monoisotopic (exact) mass is 289 g/mol. The van der Waals surface area contributed by atoms with Gasteiger partial charge in [0.05, 0.1) is 12.7 Å². The number of anilines is 1. The van der Waals surface area contributed by atoms with Crippen LogP contribution in [-0.4, -0.2) is 25.4 Å². The second-order valence-electron chi connectivity index (χ2n) is 6.61. The minimum absolute atomic E-state index is 0.161. The SMILES string of the molecule is COc1ccc(NC2CCOC3(CCCCC3)C2)c(C)c1. The highest BCUT2D eigenvalue weighted by atomic mass is 16.5. The van der Waals surface area contributed by atoms with Gasteiger partial charge in [-0.2, -0.15) is 0 Å². The Morgan fingerprint density at radius 3 is 2.76 bits per heavy atom. The van der Waals surface area contributed by atoms with Crippen molar-refractivity contribution in [1.82, 2.24) is 0 Å². The van der Waals surface area contributed by atoms with Crippen molar-refractivity contribution in [2.75, 3.05) is 19.0 Å². The lowest BCUT2D eigenvalue weighted by atomic mass is 9.78. The maximum Gasteiger partial charge on any atom is 0.119 e. The van der Waals surface area contributed by atoms with Crippen LogP contribution in [0.5, 0.6) is 5.75 Å². The van der Waals surface area contributed by atoms with Crippen LogP contribution in [0.1, 0.15) is 50.5 Å². The number of ether oxygens (including phenoxy) is 2. The zero-order valence-electron chi connectivity index (χ0n) is 13.3. The molecule has 1 N–H and O–H groups in total. The molecule has 1 aromatic rings. The lowest BCUT2D eigenvalue weighted by molar-refractivity contribution is -0.103. The highest BCUT2D eigenvalue weighted by Gasteiger charge is 2.38. The highest BCUT2D eigenvalue weighted by molar-refractivity contribution is 5.54. The first-order valence-electron chi connectivity index (χ1n) is 8.26. The fraction of sp³-hybridized carbons (Fsp3) is 0.667. The van der Waals surface area contributed by atoms with E-state index < -0.39 is 0 Å². The van der Waals surface area contributed by atoms with Crippen LogP contribution in [0, 0.1) is 6.92 Å². The van der Waals surface area contributed by atoms with E-state index in [9.17, 15) is 0 Å². The van der Waals surface area contributed by atoms with Crippen LogP contribution in [0.15, 0.2) is 18.2 Å². The van der Waals surface area contributed by atoms with E-state index in [1.54, 1.807) is 7.11 Å². The van der Waals surface area contributed by atoms with Gasteiger partial charge in [0, 0.05) is 18.3 Å². The van der Waals surface area contributed by atoms with Gasteiger partial charge in [-0.15, -0.1) is 0 Å². The van der Waals surface area contributed by atoms with E-state index in [0.717, 1.165) is 25.2 Å². The van der Waals surface area contributed by atoms with Gasteiger partial charge in [0.1, 0.15) is 5.75 Å². The summed E-state index contributed by atoms with van der Waals surface area (Å²) < 4.78 is 11.5. The molecule has 0 bridgehead atoms. The van der Waals surface area contributed by atoms with Crippen LogP contribution in [0.3, 0.4) is 0 Å². The van der Waals surface area contributed by atoms with Gasteiger partial charge >= 0.3 is 0 Å². The molecule has 3 rings (SSSR count). The Morgan fingerprint density at radius 1 is 1.24 bits per heavy atom. The summed E-state index contributed by atoms with van der Waals surface area (Å²) in [5.74, 6) is 0.925. The van der Waals surface area contributed by atoms with E-state index in [0.29, 0.717) is 6.04 Å². The zero-order chi connectivity index (χ0) is 14.7. The van der Waals surface area contributed by atoms with Gasteiger partial charge in [-0.05, 0) is 56.4 Å². The molecule has 0 amide bonds. The standard InChI is InChI=1S/C18H27NO2/c1-14-12-16(20-2)6-7-17(14)19-15-8-11-21-18(13-15)9-4-3-5-10-18/h6-7,12,15,19H,3-5,8-11,13H2,1-2H3. The van der Waals surface area contributed by atoms with Crippen molar-refractivity contribution in [3.8, 4) is 5.75 Å². The van der Waals surface area contributed by atoms with Crippen LogP contribution in [0.2, 0.25) is 0 Å². The molecule has 3 nitrogen and oxygen atoms in total. The first-order chi connectivity index (χ1) is 10.2. The summed E-state index contributed by atoms with van der Waals surface area (Å²) in [4.78, 5) is 0. The minimum Gasteiger partial charge on any atom is -0.497 e. The number of rotatable bonds is 3. The number of aryl methyl sites for hydroxylation is 1. The smallest absolute Gasteiger partial charge is 0.119 e. The van der Waals surface area contributed by atoms with Crippen LogP contribution in [0.25, 0.3) is 0 Å². The van der Waals surface area contributed by atoms with Crippen molar-refractivity contribution in [1.29, 1.82) is 0 Å². The molecule has 1 aromatic carbocycles. The molecule has 116 valence electrons. The van der Waals surface area contributed by atoms with Crippen molar-refractivity contribution in [3.63, 3.8) is 0 Å². The Hall–Kier alpha value is -1.22. The Balaban J connectivity index is 1.67. The molecule has 0 aromatic heterocycles. The molecule has 1 heterocycles. The number of benzene rings is 1. The van der Waals surface area contributed by atoms with E-state index in [-0.39, 0.29) is 5.60 Å². The quantitative estimate of drug-likeness (QED) is 0.900. The third-order valence-corrected chi connectivity index (χ3v) is 5.05. The molecule has 1 saturated heterocycles. The summed E-state index contributed by atoms with van der Waals surface area (Å²) >= 11 is 0. The fourth-order valence-corrected chi connectivity index (χ4v) is 3.84. The fourth-order valence-electron chi connectivity index (χ4n) is 3.84. The summed E-state index contributed by atoms with van der Waals surface area (Å²) in [5.41, 5.74) is 2.64. The molecule has 0 radical (unpaired) electrons. The molecule has 1 unspecified atom stereocenters. The Morgan fingerprint density at radius 2 is 2.05 bits per heavy atom. The second-order valence-corrected chi connectivity index (χ2v) is 6.61. The lowest BCUT2D eigenvalue weighted by Gasteiger charge is -2.44. The molecule has 2 aliphatic rings. The summed E-state index contributed by atoms with van der Waals surface area (Å²) in [6.45, 7) is 3.04. The van der Waals surface area contributed by atoms with Gasteiger partial charge in [-0.25, -0.2) is 0 Å². The zero-order valence-corrected chi connectivity index (χ0v) is 13.3. The first kappa shape index (κ1) is 14.7. The van der Waals surface area contributed by atoms with E-state index in [1.807, 2.05) is 6.07 Å². The van der Waals surface area contributed by atoms with Gasteiger partial charge in [0.15, 0.2) is 0 Å². The normalized spacial score (nSPS) is 24.8. The topological polar surface area (TPSA) is 30.5 Å². The largest absolute Gasteiger partial charge is 0.497 e. The average molecular weight is 289 g/mol. The predicted molar refractivity (Wildman–Crippen MR) is 86.1 cm³/mol. The van der Waals surface area contributed by atoms with Gasteiger partial charge in [0.2, 0.25) is 0 Å². The van der Waals surface area contributed by atoms with Crippen LogP contribution in [-0.2, 0) is 4.74 Å². The molecule has 3 heteroatoms. The van der Waals surface area contributed by atoms with Crippen molar-refractivity contribution in [3.05, 3.63) is 23.8 Å². The van der Waals surface area contributed by atoms with E-state index in [2.05, 4.69) is 24.4 Å². The van der Waals surface area contributed by atoms with E-state index >= 15 is 0 Å². The maximum atomic E-state index is 6.18. The molecule has 1 saturated carbocycles. The lowest BCUT2D eigenvalue weighted by Crippen LogP contribution is -2.45. The molecule has 21 heavy (non-hydrogen) atoms. The van der Waals surface area contributed by atoms with Crippen molar-refractivity contribution in [2.45, 2.75) is 63.5 Å². The van der Waals surface area contributed by atoms with Gasteiger partial charge < -0.3 is 14.8 Å². The highest BCUT2D eigenvalue weighted by Crippen LogP contribution is 2.39. The maximum absolute atomic E-state index is 6.18. The van der Waals surface area contributed by atoms with Gasteiger partial charge in [-0.3, -0.25) is 0 Å². The third-order valence-electron chi connectivity index (χ3n) is 5.05. The van der Waals surface area contributed by atoms with E-state index in [1.165, 1.54) is 43.4 Å². The van der Waals surface area contributed by atoms with Crippen LogP contribution >= 0.6 is 0 Å². The van der Waals surface area contributed by atoms with Crippen LogP contribution in [0.4, 0.5) is 5.69 Å². The summed E-state index contributed by atoms with van der Waals surface area (Å²) in [5, 5.41) is 3.74. The number of hydrogen-bond donors (Lipinski definition) is 1. The van der Waals surface area contributed by atoms with E-state index in [4.69, 9.17) is 9.47 Å².